The number of nitrogen functional groups attached to an aromatic ring is 1. The number of likely N-dealkylation sites (tertiary alicyclic amines) is 1. The highest BCUT2D eigenvalue weighted by Gasteiger charge is 2.22. The molecular formula is C12H16N2O3. The van der Waals surface area contributed by atoms with E-state index < -0.39 is 5.97 Å². The third kappa shape index (κ3) is 2.57. The maximum absolute atomic E-state index is 11.1. The Morgan fingerprint density at radius 2 is 2.29 bits per heavy atom. The maximum Gasteiger partial charge on any atom is 0.338 e. The molecule has 0 bridgehead atoms. The number of aromatic carboxylic acids is 1. The average molecular weight is 236 g/mol. The first-order valence-electron chi connectivity index (χ1n) is 5.59. The molecule has 0 spiro atoms. The van der Waals surface area contributed by atoms with Gasteiger partial charge in [0.25, 0.3) is 0 Å². The number of carbonyl (C=O) groups is 1. The average Bonchev–Trinajstić information content (AvgIpc) is 2.63. The molecule has 1 aromatic rings. The van der Waals surface area contributed by atoms with Crippen LogP contribution >= 0.6 is 0 Å². The molecule has 0 saturated carbocycles. The van der Waals surface area contributed by atoms with Crippen LogP contribution in [0.25, 0.3) is 0 Å². The van der Waals surface area contributed by atoms with Gasteiger partial charge in [-0.3, -0.25) is 4.90 Å². The lowest BCUT2D eigenvalue weighted by atomic mass is 10.1. The van der Waals surface area contributed by atoms with Crippen LogP contribution in [0.15, 0.2) is 18.2 Å². The Morgan fingerprint density at radius 1 is 1.53 bits per heavy atom. The van der Waals surface area contributed by atoms with Gasteiger partial charge in [0, 0.05) is 25.3 Å². The third-order valence-electron chi connectivity index (χ3n) is 3.04. The van der Waals surface area contributed by atoms with Crippen molar-refractivity contribution in [3.63, 3.8) is 0 Å². The number of hydrogen-bond acceptors (Lipinski definition) is 4. The van der Waals surface area contributed by atoms with Crippen LogP contribution in [0.2, 0.25) is 0 Å². The van der Waals surface area contributed by atoms with Gasteiger partial charge in [0.05, 0.1) is 11.7 Å². The predicted octanol–water partition coefficient (Wildman–Crippen LogP) is 0.534. The zero-order chi connectivity index (χ0) is 12.4. The van der Waals surface area contributed by atoms with Crippen molar-refractivity contribution in [2.75, 3.05) is 18.8 Å². The fraction of sp³-hybridized carbons (Fsp3) is 0.417. The minimum Gasteiger partial charge on any atom is -0.478 e. The number of anilines is 1. The van der Waals surface area contributed by atoms with Crippen LogP contribution in [-0.4, -0.2) is 40.3 Å². The number of hydrogen-bond donors (Lipinski definition) is 3. The number of aliphatic hydroxyl groups is 1. The summed E-state index contributed by atoms with van der Waals surface area (Å²) in [5.74, 6) is -1.00. The van der Waals surface area contributed by atoms with Crippen molar-refractivity contribution in [1.82, 2.24) is 4.90 Å². The zero-order valence-electron chi connectivity index (χ0n) is 9.47. The molecule has 17 heavy (non-hydrogen) atoms. The van der Waals surface area contributed by atoms with Gasteiger partial charge in [-0.1, -0.05) is 12.1 Å². The molecule has 1 heterocycles. The summed E-state index contributed by atoms with van der Waals surface area (Å²) in [5, 5.41) is 18.6. The Morgan fingerprint density at radius 3 is 2.88 bits per heavy atom. The van der Waals surface area contributed by atoms with Gasteiger partial charge in [0.15, 0.2) is 0 Å². The van der Waals surface area contributed by atoms with E-state index in [4.69, 9.17) is 10.8 Å². The molecular weight excluding hydrogens is 220 g/mol. The summed E-state index contributed by atoms with van der Waals surface area (Å²) in [7, 11) is 0. The second kappa shape index (κ2) is 4.73. The monoisotopic (exact) mass is 236 g/mol. The highest BCUT2D eigenvalue weighted by Crippen LogP contribution is 2.21. The van der Waals surface area contributed by atoms with E-state index >= 15 is 0 Å². The van der Waals surface area contributed by atoms with Crippen LogP contribution < -0.4 is 5.73 Å². The Balaban J connectivity index is 2.20. The first-order chi connectivity index (χ1) is 8.08. The van der Waals surface area contributed by atoms with Crippen molar-refractivity contribution < 1.29 is 15.0 Å². The fourth-order valence-electron chi connectivity index (χ4n) is 2.21. The number of nitrogens with zero attached hydrogens (tertiary/aromatic N) is 1. The van der Waals surface area contributed by atoms with Crippen LogP contribution in [-0.2, 0) is 6.54 Å². The summed E-state index contributed by atoms with van der Waals surface area (Å²) in [4.78, 5) is 13.2. The topological polar surface area (TPSA) is 86.8 Å². The highest BCUT2D eigenvalue weighted by molar-refractivity contribution is 5.95. The number of β-amino-alcohol motifs (C(OH)–C–C–N with tert-alkyl or cyclic N) is 1. The van der Waals surface area contributed by atoms with Crippen molar-refractivity contribution in [2.45, 2.75) is 19.1 Å². The molecule has 92 valence electrons. The standard InChI is InChI=1S/C12H16N2O3/c13-10-3-1-2-8(11(10)12(16)17)6-14-5-4-9(15)7-14/h1-3,9,15H,4-7,13H2,(H,16,17). The van der Waals surface area contributed by atoms with Gasteiger partial charge in [-0.05, 0) is 18.1 Å². The number of benzene rings is 1. The lowest BCUT2D eigenvalue weighted by Gasteiger charge is -2.17. The van der Waals surface area contributed by atoms with Crippen molar-refractivity contribution in [1.29, 1.82) is 0 Å². The molecule has 5 nitrogen and oxygen atoms in total. The fourth-order valence-corrected chi connectivity index (χ4v) is 2.21. The Kier molecular flexibility index (Phi) is 3.31. The van der Waals surface area contributed by atoms with E-state index in [2.05, 4.69) is 0 Å². The smallest absolute Gasteiger partial charge is 0.338 e. The number of carboxylic acids is 1. The predicted molar refractivity (Wildman–Crippen MR) is 63.7 cm³/mol. The van der Waals surface area contributed by atoms with Crippen LogP contribution in [0, 0.1) is 0 Å². The lowest BCUT2D eigenvalue weighted by Crippen LogP contribution is -2.23. The first kappa shape index (κ1) is 11.9. The van der Waals surface area contributed by atoms with Gasteiger partial charge in [-0.15, -0.1) is 0 Å². The van der Waals surface area contributed by atoms with E-state index in [0.29, 0.717) is 18.7 Å². The van der Waals surface area contributed by atoms with Crippen LogP contribution in [0.4, 0.5) is 5.69 Å². The van der Waals surface area contributed by atoms with E-state index in [1.165, 1.54) is 0 Å². The number of nitrogens with two attached hydrogens (primary N) is 1. The molecule has 5 heteroatoms. The minimum absolute atomic E-state index is 0.175. The second-order valence-electron chi connectivity index (χ2n) is 4.36. The number of rotatable bonds is 3. The van der Waals surface area contributed by atoms with Crippen molar-refractivity contribution in [3.05, 3.63) is 29.3 Å². The highest BCUT2D eigenvalue weighted by atomic mass is 16.4. The summed E-state index contributed by atoms with van der Waals surface area (Å²) in [6.45, 7) is 1.90. The van der Waals surface area contributed by atoms with Gasteiger partial charge in [0.1, 0.15) is 0 Å². The molecule has 1 saturated heterocycles. The molecule has 2 rings (SSSR count). The van der Waals surface area contributed by atoms with E-state index in [1.807, 2.05) is 4.90 Å². The summed E-state index contributed by atoms with van der Waals surface area (Å²) >= 11 is 0. The number of carboxylic acid groups (broad SMARTS) is 1. The van der Waals surface area contributed by atoms with Gasteiger partial charge < -0.3 is 15.9 Å². The molecule has 0 aliphatic carbocycles. The molecule has 1 aliphatic rings. The SMILES string of the molecule is Nc1cccc(CN2CCC(O)C2)c1C(=O)O. The Bertz CT molecular complexity index is 434. The van der Waals surface area contributed by atoms with E-state index in [1.54, 1.807) is 18.2 Å². The Labute approximate surface area is 99.5 Å². The second-order valence-corrected chi connectivity index (χ2v) is 4.36. The van der Waals surface area contributed by atoms with Gasteiger partial charge in [0.2, 0.25) is 0 Å². The van der Waals surface area contributed by atoms with Crippen LogP contribution in [0.3, 0.4) is 0 Å². The van der Waals surface area contributed by atoms with Crippen molar-refractivity contribution >= 4 is 11.7 Å². The summed E-state index contributed by atoms with van der Waals surface area (Å²) < 4.78 is 0. The largest absolute Gasteiger partial charge is 0.478 e. The van der Waals surface area contributed by atoms with Crippen molar-refractivity contribution in [3.8, 4) is 0 Å². The molecule has 1 aromatic carbocycles. The van der Waals surface area contributed by atoms with Gasteiger partial charge in [-0.2, -0.15) is 0 Å². The quantitative estimate of drug-likeness (QED) is 0.666. The summed E-state index contributed by atoms with van der Waals surface area (Å²) in [5.41, 5.74) is 6.84. The van der Waals surface area contributed by atoms with E-state index in [0.717, 1.165) is 13.0 Å². The normalized spacial score (nSPS) is 20.6. The third-order valence-corrected chi connectivity index (χ3v) is 3.04. The molecule has 1 unspecified atom stereocenters. The Hall–Kier alpha value is -1.59. The lowest BCUT2D eigenvalue weighted by molar-refractivity contribution is 0.0696. The molecule has 4 N–H and O–H groups in total. The summed E-state index contributed by atoms with van der Waals surface area (Å²) in [6.07, 6.45) is 0.439. The van der Waals surface area contributed by atoms with Crippen LogP contribution in [0.1, 0.15) is 22.3 Å². The van der Waals surface area contributed by atoms with Gasteiger partial charge >= 0.3 is 5.97 Å². The zero-order valence-corrected chi connectivity index (χ0v) is 9.47. The summed E-state index contributed by atoms with van der Waals surface area (Å²) in [6, 6.07) is 5.11. The molecule has 0 amide bonds. The molecule has 1 fully saturated rings. The van der Waals surface area contributed by atoms with Crippen LogP contribution in [0.5, 0.6) is 0 Å². The van der Waals surface area contributed by atoms with E-state index in [-0.39, 0.29) is 17.4 Å². The minimum atomic E-state index is -1.00. The molecule has 1 atom stereocenters. The first-order valence-corrected chi connectivity index (χ1v) is 5.59. The van der Waals surface area contributed by atoms with Gasteiger partial charge in [-0.25, -0.2) is 4.79 Å². The number of aliphatic hydroxyl groups excluding tert-OH is 1. The van der Waals surface area contributed by atoms with Crippen molar-refractivity contribution in [2.24, 2.45) is 0 Å². The molecule has 0 radical (unpaired) electrons. The maximum atomic E-state index is 11.1. The molecule has 0 aromatic heterocycles. The van der Waals surface area contributed by atoms with E-state index in [9.17, 15) is 9.90 Å². The molecule has 1 aliphatic heterocycles.